The van der Waals surface area contributed by atoms with Gasteiger partial charge >= 0.3 is 0 Å². The quantitative estimate of drug-likeness (QED) is 0.875. The predicted molar refractivity (Wildman–Crippen MR) is 69.3 cm³/mol. The van der Waals surface area contributed by atoms with Gasteiger partial charge in [-0.15, -0.1) is 0 Å². The van der Waals surface area contributed by atoms with E-state index in [0.29, 0.717) is 16.8 Å². The van der Waals surface area contributed by atoms with Crippen LogP contribution in [0.4, 0.5) is 10.1 Å². The third kappa shape index (κ3) is 2.97. The number of halogens is 2. The fraction of sp³-hybridized carbons (Fsp3) is 0.0769. The molecule has 2 nitrogen and oxygen atoms in total. The second-order valence-electron chi connectivity index (χ2n) is 3.58. The molecule has 17 heavy (non-hydrogen) atoms. The molecule has 2 rings (SSSR count). The molecule has 2 aromatic rings. The molecule has 0 bridgehead atoms. The maximum Gasteiger partial charge on any atom is 0.157 e. The van der Waals surface area contributed by atoms with Gasteiger partial charge < -0.3 is 10.5 Å². The summed E-state index contributed by atoms with van der Waals surface area (Å²) in [6.45, 7) is 0.398. The second-order valence-corrected chi connectivity index (χ2v) is 4.43. The number of nitrogens with two attached hydrogens (primary N) is 1. The van der Waals surface area contributed by atoms with Gasteiger partial charge in [0.15, 0.2) is 5.75 Å². The van der Waals surface area contributed by atoms with Crippen LogP contribution in [0.1, 0.15) is 5.56 Å². The normalized spacial score (nSPS) is 10.2. The van der Waals surface area contributed by atoms with E-state index < -0.39 is 0 Å². The van der Waals surface area contributed by atoms with Gasteiger partial charge in [0.05, 0.1) is 10.2 Å². The number of hydrogen-bond acceptors (Lipinski definition) is 2. The Morgan fingerprint density at radius 1 is 1.18 bits per heavy atom. The van der Waals surface area contributed by atoms with Crippen molar-refractivity contribution >= 4 is 21.6 Å². The molecule has 4 heteroatoms. The maximum atomic E-state index is 13.0. The minimum Gasteiger partial charge on any atom is -0.486 e. The molecule has 0 radical (unpaired) electrons. The molecule has 0 aromatic heterocycles. The van der Waals surface area contributed by atoms with E-state index in [1.165, 1.54) is 12.1 Å². The van der Waals surface area contributed by atoms with Gasteiger partial charge in [0, 0.05) is 6.07 Å². The van der Waals surface area contributed by atoms with Crippen LogP contribution in [0.15, 0.2) is 46.9 Å². The van der Waals surface area contributed by atoms with Gasteiger partial charge in [-0.3, -0.25) is 0 Å². The summed E-state index contributed by atoms with van der Waals surface area (Å²) in [6.07, 6.45) is 0. The average Bonchev–Trinajstić information content (AvgIpc) is 2.29. The standard InChI is InChI=1S/C13H11BrFNO/c14-11-6-10(15)7-12(16)13(11)17-8-9-4-2-1-3-5-9/h1-7H,8,16H2. The third-order valence-corrected chi connectivity index (χ3v) is 2.85. The van der Waals surface area contributed by atoms with Gasteiger partial charge in [0.1, 0.15) is 12.4 Å². The predicted octanol–water partition coefficient (Wildman–Crippen LogP) is 3.75. The highest BCUT2D eigenvalue weighted by atomic mass is 79.9. The topological polar surface area (TPSA) is 35.2 Å². The largest absolute Gasteiger partial charge is 0.486 e. The first kappa shape index (κ1) is 11.9. The molecule has 2 N–H and O–H groups in total. The number of nitrogen functional groups attached to an aromatic ring is 1. The van der Waals surface area contributed by atoms with E-state index in [2.05, 4.69) is 15.9 Å². The smallest absolute Gasteiger partial charge is 0.157 e. The van der Waals surface area contributed by atoms with Crippen LogP contribution in [0, 0.1) is 5.82 Å². The Labute approximate surface area is 107 Å². The third-order valence-electron chi connectivity index (χ3n) is 2.26. The second kappa shape index (κ2) is 5.19. The number of rotatable bonds is 3. The minimum absolute atomic E-state index is 0.285. The van der Waals surface area contributed by atoms with Crippen LogP contribution in [0.25, 0.3) is 0 Å². The fourth-order valence-corrected chi connectivity index (χ4v) is 2.02. The van der Waals surface area contributed by atoms with Crippen LogP contribution < -0.4 is 10.5 Å². The SMILES string of the molecule is Nc1cc(F)cc(Br)c1OCc1ccccc1. The molecular weight excluding hydrogens is 285 g/mol. The lowest BCUT2D eigenvalue weighted by Gasteiger charge is -2.11. The van der Waals surface area contributed by atoms with Gasteiger partial charge in [-0.25, -0.2) is 4.39 Å². The van der Waals surface area contributed by atoms with Crippen molar-refractivity contribution in [1.29, 1.82) is 0 Å². The molecule has 2 aromatic carbocycles. The van der Waals surface area contributed by atoms with Gasteiger partial charge in [-0.1, -0.05) is 30.3 Å². The lowest BCUT2D eigenvalue weighted by molar-refractivity contribution is 0.305. The average molecular weight is 296 g/mol. The molecule has 0 saturated heterocycles. The van der Waals surface area contributed by atoms with Crippen LogP contribution in [0.5, 0.6) is 5.75 Å². The minimum atomic E-state index is -0.388. The number of benzene rings is 2. The van der Waals surface area contributed by atoms with Gasteiger partial charge in [0.25, 0.3) is 0 Å². The van der Waals surface area contributed by atoms with Crippen molar-refractivity contribution in [2.75, 3.05) is 5.73 Å². The van der Waals surface area contributed by atoms with Crippen LogP contribution >= 0.6 is 15.9 Å². The Hall–Kier alpha value is -1.55. The van der Waals surface area contributed by atoms with Crippen molar-refractivity contribution in [3.05, 3.63) is 58.3 Å². The van der Waals surface area contributed by atoms with Crippen LogP contribution in [-0.2, 0) is 6.61 Å². The van der Waals surface area contributed by atoms with E-state index in [0.717, 1.165) is 5.56 Å². The first-order valence-electron chi connectivity index (χ1n) is 5.08. The lowest BCUT2D eigenvalue weighted by atomic mass is 10.2. The highest BCUT2D eigenvalue weighted by Gasteiger charge is 2.08. The Balaban J connectivity index is 2.15. The zero-order valence-corrected chi connectivity index (χ0v) is 10.6. The molecule has 88 valence electrons. The van der Waals surface area contributed by atoms with E-state index in [1.807, 2.05) is 30.3 Å². The highest BCUT2D eigenvalue weighted by molar-refractivity contribution is 9.10. The summed E-state index contributed by atoms with van der Waals surface area (Å²) in [5.74, 6) is 0.0803. The summed E-state index contributed by atoms with van der Waals surface area (Å²) in [5, 5.41) is 0. The highest BCUT2D eigenvalue weighted by Crippen LogP contribution is 2.32. The number of hydrogen-bond donors (Lipinski definition) is 1. The zero-order valence-electron chi connectivity index (χ0n) is 8.99. The van der Waals surface area contributed by atoms with E-state index in [9.17, 15) is 4.39 Å². The Morgan fingerprint density at radius 2 is 1.88 bits per heavy atom. The molecule has 0 aliphatic heterocycles. The van der Waals surface area contributed by atoms with Crippen LogP contribution in [0.3, 0.4) is 0 Å². The summed E-state index contributed by atoms with van der Waals surface area (Å²) >= 11 is 3.23. The van der Waals surface area contributed by atoms with E-state index >= 15 is 0 Å². The first-order valence-corrected chi connectivity index (χ1v) is 5.87. The molecule has 0 aliphatic rings. The molecule has 0 unspecified atom stereocenters. The molecule has 0 fully saturated rings. The Morgan fingerprint density at radius 3 is 2.53 bits per heavy atom. The first-order chi connectivity index (χ1) is 8.16. The van der Waals surface area contributed by atoms with Crippen molar-refractivity contribution in [2.24, 2.45) is 0 Å². The molecule has 0 heterocycles. The fourth-order valence-electron chi connectivity index (χ4n) is 1.46. The zero-order chi connectivity index (χ0) is 12.3. The molecule has 0 aliphatic carbocycles. The maximum absolute atomic E-state index is 13.0. The van der Waals surface area contributed by atoms with Gasteiger partial charge in [-0.2, -0.15) is 0 Å². The molecule has 0 atom stereocenters. The Bertz CT molecular complexity index is 493. The van der Waals surface area contributed by atoms with Crippen LogP contribution in [0.2, 0.25) is 0 Å². The summed E-state index contributed by atoms with van der Waals surface area (Å²) in [6, 6.07) is 12.3. The van der Waals surface area contributed by atoms with Crippen molar-refractivity contribution in [1.82, 2.24) is 0 Å². The van der Waals surface area contributed by atoms with Crippen molar-refractivity contribution < 1.29 is 9.13 Å². The lowest BCUT2D eigenvalue weighted by Crippen LogP contribution is -2.00. The molecular formula is C13H11BrFNO. The number of anilines is 1. The van der Waals surface area contributed by atoms with Crippen molar-refractivity contribution in [3.8, 4) is 5.75 Å². The summed E-state index contributed by atoms with van der Waals surface area (Å²) in [5.41, 5.74) is 7.01. The van der Waals surface area contributed by atoms with E-state index in [1.54, 1.807) is 0 Å². The summed E-state index contributed by atoms with van der Waals surface area (Å²) < 4.78 is 19.1. The summed E-state index contributed by atoms with van der Waals surface area (Å²) in [7, 11) is 0. The molecule has 0 amide bonds. The van der Waals surface area contributed by atoms with Gasteiger partial charge in [-0.05, 0) is 27.6 Å². The summed E-state index contributed by atoms with van der Waals surface area (Å²) in [4.78, 5) is 0. The monoisotopic (exact) mass is 295 g/mol. The molecule has 0 spiro atoms. The van der Waals surface area contributed by atoms with E-state index in [-0.39, 0.29) is 11.5 Å². The van der Waals surface area contributed by atoms with Crippen molar-refractivity contribution in [2.45, 2.75) is 6.61 Å². The van der Waals surface area contributed by atoms with Gasteiger partial charge in [0.2, 0.25) is 0 Å². The number of ether oxygens (including phenoxy) is 1. The Kier molecular flexibility index (Phi) is 3.64. The van der Waals surface area contributed by atoms with Crippen LogP contribution in [-0.4, -0.2) is 0 Å². The molecule has 0 saturated carbocycles. The van der Waals surface area contributed by atoms with Crippen molar-refractivity contribution in [3.63, 3.8) is 0 Å². The van der Waals surface area contributed by atoms with E-state index in [4.69, 9.17) is 10.5 Å².